The molecule has 1 fully saturated rings. The van der Waals surface area contributed by atoms with Crippen molar-refractivity contribution < 1.29 is 14.2 Å². The van der Waals surface area contributed by atoms with E-state index >= 15 is 0 Å². The summed E-state index contributed by atoms with van der Waals surface area (Å²) in [6, 6.07) is 4.96. The minimum atomic E-state index is -0.0500. The van der Waals surface area contributed by atoms with E-state index in [4.69, 9.17) is 14.2 Å². The largest absolute Gasteiger partial charge is 0.494 e. The van der Waals surface area contributed by atoms with Crippen molar-refractivity contribution >= 4 is 0 Å². The van der Waals surface area contributed by atoms with Gasteiger partial charge in [0.25, 0.3) is 0 Å². The Balaban J connectivity index is 2.26. The van der Waals surface area contributed by atoms with Crippen LogP contribution in [0, 0.1) is 0 Å². The standard InChI is InChI=1S/C26H45NO3/c1-9-14-29-20-15-22(25(2,3)4)24(23(16-20)26(5,6)7)30-18-21(28-8)17-27-19-12-10-11-13-19/h15-16,19,21,27H,9-14,17-18H2,1-8H3. The highest BCUT2D eigenvalue weighted by molar-refractivity contribution is 5.53. The van der Waals surface area contributed by atoms with Crippen LogP contribution in [0.1, 0.15) is 91.7 Å². The zero-order valence-electron chi connectivity index (χ0n) is 20.7. The van der Waals surface area contributed by atoms with Gasteiger partial charge < -0.3 is 19.5 Å². The Bertz CT molecular complexity index is 616. The van der Waals surface area contributed by atoms with Gasteiger partial charge in [0.2, 0.25) is 0 Å². The molecule has 0 spiro atoms. The Kier molecular flexibility index (Phi) is 9.05. The van der Waals surface area contributed by atoms with Gasteiger partial charge in [0.15, 0.2) is 0 Å². The number of hydrogen-bond acceptors (Lipinski definition) is 4. The van der Waals surface area contributed by atoms with Gasteiger partial charge in [0, 0.05) is 30.8 Å². The van der Waals surface area contributed by atoms with Crippen LogP contribution in [0.4, 0.5) is 0 Å². The van der Waals surface area contributed by atoms with Crippen molar-refractivity contribution in [3.63, 3.8) is 0 Å². The number of ether oxygens (including phenoxy) is 3. The van der Waals surface area contributed by atoms with Gasteiger partial charge in [-0.15, -0.1) is 0 Å². The summed E-state index contributed by atoms with van der Waals surface area (Å²) in [5.41, 5.74) is 2.29. The van der Waals surface area contributed by atoms with Gasteiger partial charge in [-0.1, -0.05) is 61.3 Å². The Morgan fingerprint density at radius 2 is 1.53 bits per heavy atom. The van der Waals surface area contributed by atoms with E-state index in [-0.39, 0.29) is 16.9 Å². The predicted molar refractivity (Wildman–Crippen MR) is 126 cm³/mol. The molecule has 1 aromatic carbocycles. The molecule has 1 saturated carbocycles. The third kappa shape index (κ3) is 7.16. The molecular formula is C26H45NO3. The lowest BCUT2D eigenvalue weighted by Crippen LogP contribution is -2.38. The van der Waals surface area contributed by atoms with Gasteiger partial charge in [-0.3, -0.25) is 0 Å². The van der Waals surface area contributed by atoms with Crippen molar-refractivity contribution in [2.75, 3.05) is 26.9 Å². The highest BCUT2D eigenvalue weighted by Crippen LogP contribution is 2.42. The van der Waals surface area contributed by atoms with E-state index in [0.29, 0.717) is 12.6 Å². The van der Waals surface area contributed by atoms with E-state index in [1.54, 1.807) is 7.11 Å². The van der Waals surface area contributed by atoms with Gasteiger partial charge >= 0.3 is 0 Å². The van der Waals surface area contributed by atoms with Crippen molar-refractivity contribution in [1.29, 1.82) is 0 Å². The van der Waals surface area contributed by atoms with Crippen LogP contribution in [0.15, 0.2) is 12.1 Å². The number of rotatable bonds is 10. The summed E-state index contributed by atoms with van der Waals surface area (Å²) in [5.74, 6) is 1.92. The SMILES string of the molecule is CCCOc1cc(C(C)(C)C)c(OCC(CNC2CCCC2)OC)c(C(C)(C)C)c1. The maximum absolute atomic E-state index is 6.53. The zero-order valence-corrected chi connectivity index (χ0v) is 20.7. The summed E-state index contributed by atoms with van der Waals surface area (Å²) in [7, 11) is 1.78. The molecule has 0 amide bonds. The van der Waals surface area contributed by atoms with Crippen LogP contribution >= 0.6 is 0 Å². The second-order valence-electron chi connectivity index (χ2n) is 10.8. The molecule has 0 radical (unpaired) electrons. The minimum absolute atomic E-state index is 0.0299. The van der Waals surface area contributed by atoms with E-state index in [2.05, 4.69) is 65.9 Å². The summed E-state index contributed by atoms with van der Waals surface area (Å²) >= 11 is 0. The number of hydrogen-bond donors (Lipinski definition) is 1. The maximum Gasteiger partial charge on any atom is 0.127 e. The van der Waals surface area contributed by atoms with Crippen LogP contribution in [0.3, 0.4) is 0 Å². The van der Waals surface area contributed by atoms with Gasteiger partial charge in [-0.25, -0.2) is 0 Å². The molecule has 0 bridgehead atoms. The normalized spacial score (nSPS) is 16.7. The van der Waals surface area contributed by atoms with E-state index in [1.807, 2.05) is 0 Å². The molecule has 0 aromatic heterocycles. The van der Waals surface area contributed by atoms with Gasteiger partial charge in [0.1, 0.15) is 24.2 Å². The van der Waals surface area contributed by atoms with Crippen LogP contribution in [-0.2, 0) is 15.6 Å². The Morgan fingerprint density at radius 3 is 2.00 bits per heavy atom. The monoisotopic (exact) mass is 419 g/mol. The summed E-state index contributed by atoms with van der Waals surface area (Å²) in [6.07, 6.45) is 6.25. The van der Waals surface area contributed by atoms with Crippen molar-refractivity contribution in [2.24, 2.45) is 0 Å². The van der Waals surface area contributed by atoms with E-state index in [1.165, 1.54) is 36.8 Å². The van der Waals surface area contributed by atoms with Crippen LogP contribution in [0.2, 0.25) is 0 Å². The highest BCUT2D eigenvalue weighted by Gasteiger charge is 2.29. The molecule has 1 aromatic rings. The first kappa shape index (κ1) is 25.0. The average molecular weight is 420 g/mol. The topological polar surface area (TPSA) is 39.7 Å². The van der Waals surface area contributed by atoms with E-state index < -0.39 is 0 Å². The Hall–Kier alpha value is -1.26. The fraction of sp³-hybridized carbons (Fsp3) is 0.769. The van der Waals surface area contributed by atoms with Gasteiger partial charge in [-0.2, -0.15) is 0 Å². The minimum Gasteiger partial charge on any atom is -0.494 e. The predicted octanol–water partition coefficient (Wildman–Crippen LogP) is 6.00. The lowest BCUT2D eigenvalue weighted by atomic mass is 9.79. The second kappa shape index (κ2) is 10.9. The first-order chi connectivity index (χ1) is 14.1. The molecule has 4 heteroatoms. The molecule has 172 valence electrons. The molecule has 4 nitrogen and oxygen atoms in total. The summed E-state index contributed by atoms with van der Waals surface area (Å²) in [5, 5.41) is 3.67. The smallest absolute Gasteiger partial charge is 0.127 e. The molecule has 0 aliphatic heterocycles. The molecular weight excluding hydrogens is 374 g/mol. The molecule has 1 unspecified atom stereocenters. The van der Waals surface area contributed by atoms with E-state index in [0.717, 1.165) is 31.1 Å². The Morgan fingerprint density at radius 1 is 0.967 bits per heavy atom. The number of nitrogens with one attached hydrogen (secondary N) is 1. The molecule has 1 N–H and O–H groups in total. The van der Waals surface area contributed by atoms with Crippen molar-refractivity contribution in [3.8, 4) is 11.5 Å². The van der Waals surface area contributed by atoms with Crippen LogP contribution in [0.5, 0.6) is 11.5 Å². The Labute approximate surface area is 185 Å². The summed E-state index contributed by atoms with van der Waals surface area (Å²) in [6.45, 7) is 17.7. The lowest BCUT2D eigenvalue weighted by molar-refractivity contribution is 0.0548. The lowest BCUT2D eigenvalue weighted by Gasteiger charge is -2.31. The molecule has 0 heterocycles. The fourth-order valence-electron chi connectivity index (χ4n) is 3.99. The quantitative estimate of drug-likeness (QED) is 0.505. The van der Waals surface area contributed by atoms with Crippen LogP contribution in [0.25, 0.3) is 0 Å². The third-order valence-electron chi connectivity index (χ3n) is 5.89. The fourth-order valence-corrected chi connectivity index (χ4v) is 3.99. The van der Waals surface area contributed by atoms with Crippen molar-refractivity contribution in [3.05, 3.63) is 23.3 Å². The van der Waals surface area contributed by atoms with E-state index in [9.17, 15) is 0 Å². The number of methoxy groups -OCH3 is 1. The summed E-state index contributed by atoms with van der Waals surface area (Å²) < 4.78 is 18.3. The molecule has 30 heavy (non-hydrogen) atoms. The second-order valence-corrected chi connectivity index (χ2v) is 10.8. The third-order valence-corrected chi connectivity index (χ3v) is 5.89. The first-order valence-electron chi connectivity index (χ1n) is 11.8. The average Bonchev–Trinajstić information content (AvgIpc) is 3.18. The van der Waals surface area contributed by atoms with Crippen molar-refractivity contribution in [1.82, 2.24) is 5.32 Å². The highest BCUT2D eigenvalue weighted by atomic mass is 16.5. The maximum atomic E-state index is 6.53. The molecule has 0 saturated heterocycles. The number of benzene rings is 1. The van der Waals surface area contributed by atoms with Gasteiger partial charge in [0.05, 0.1) is 6.61 Å². The molecule has 2 rings (SSSR count). The first-order valence-corrected chi connectivity index (χ1v) is 11.8. The van der Waals surface area contributed by atoms with Crippen LogP contribution < -0.4 is 14.8 Å². The van der Waals surface area contributed by atoms with Crippen LogP contribution in [-0.4, -0.2) is 39.0 Å². The van der Waals surface area contributed by atoms with Crippen molar-refractivity contribution in [2.45, 2.75) is 104 Å². The summed E-state index contributed by atoms with van der Waals surface area (Å²) in [4.78, 5) is 0. The zero-order chi connectivity index (χ0) is 22.4. The molecule has 1 aliphatic carbocycles. The molecule has 1 atom stereocenters. The molecule has 1 aliphatic rings. The van der Waals surface area contributed by atoms with Gasteiger partial charge in [-0.05, 0) is 42.2 Å².